The molecular formula is C15H17NO3S. The number of hydrogen-bond donors (Lipinski definition) is 2. The Hall–Kier alpha value is -1.88. The molecule has 106 valence electrons. The third-order valence-electron chi connectivity index (χ3n) is 2.81. The van der Waals surface area contributed by atoms with Gasteiger partial charge in [-0.15, -0.1) is 11.8 Å². The van der Waals surface area contributed by atoms with E-state index in [0.29, 0.717) is 17.8 Å². The van der Waals surface area contributed by atoms with Gasteiger partial charge in [-0.2, -0.15) is 0 Å². The lowest BCUT2D eigenvalue weighted by atomic mass is 10.1. The molecule has 0 spiro atoms. The van der Waals surface area contributed by atoms with Gasteiger partial charge < -0.3 is 14.8 Å². The Morgan fingerprint density at radius 1 is 1.35 bits per heavy atom. The maximum absolute atomic E-state index is 11.4. The largest absolute Gasteiger partial charge is 0.478 e. The summed E-state index contributed by atoms with van der Waals surface area (Å²) >= 11 is 1.54. The van der Waals surface area contributed by atoms with Crippen LogP contribution in [0.25, 0.3) is 0 Å². The van der Waals surface area contributed by atoms with Gasteiger partial charge in [0.1, 0.15) is 5.76 Å². The quantitative estimate of drug-likeness (QED) is 0.761. The topological polar surface area (TPSA) is 62.5 Å². The molecule has 1 aromatic heterocycles. The van der Waals surface area contributed by atoms with Crippen LogP contribution in [0.15, 0.2) is 45.9 Å². The number of rotatable bonds is 7. The van der Waals surface area contributed by atoms with E-state index in [1.54, 1.807) is 12.3 Å². The van der Waals surface area contributed by atoms with E-state index in [1.165, 1.54) is 11.8 Å². The van der Waals surface area contributed by atoms with Crippen molar-refractivity contribution < 1.29 is 14.3 Å². The van der Waals surface area contributed by atoms with Gasteiger partial charge in [0.15, 0.2) is 0 Å². The zero-order chi connectivity index (χ0) is 14.4. The second-order valence-electron chi connectivity index (χ2n) is 4.17. The molecule has 1 heterocycles. The molecule has 20 heavy (non-hydrogen) atoms. The Kier molecular flexibility index (Phi) is 5.12. The molecule has 0 fully saturated rings. The van der Waals surface area contributed by atoms with Crippen LogP contribution in [0.1, 0.15) is 23.0 Å². The van der Waals surface area contributed by atoms with Crippen LogP contribution in [-0.2, 0) is 6.42 Å². The molecule has 4 nitrogen and oxygen atoms in total. The highest BCUT2D eigenvalue weighted by molar-refractivity contribution is 7.99. The van der Waals surface area contributed by atoms with E-state index in [4.69, 9.17) is 4.42 Å². The monoisotopic (exact) mass is 291 g/mol. The SMILES string of the molecule is CCSc1cccc(NCCc2ccco2)c1C(=O)O. The highest BCUT2D eigenvalue weighted by Gasteiger charge is 2.15. The highest BCUT2D eigenvalue weighted by atomic mass is 32.2. The number of hydrogen-bond acceptors (Lipinski definition) is 4. The molecule has 2 rings (SSSR count). The van der Waals surface area contributed by atoms with Gasteiger partial charge in [0.05, 0.1) is 11.8 Å². The molecule has 0 atom stereocenters. The van der Waals surface area contributed by atoms with Crippen LogP contribution >= 0.6 is 11.8 Å². The minimum atomic E-state index is -0.901. The van der Waals surface area contributed by atoms with Gasteiger partial charge in [0.25, 0.3) is 0 Å². The van der Waals surface area contributed by atoms with Gasteiger partial charge in [-0.3, -0.25) is 0 Å². The second kappa shape index (κ2) is 7.05. The van der Waals surface area contributed by atoms with Gasteiger partial charge in [0.2, 0.25) is 0 Å². The third-order valence-corrected chi connectivity index (χ3v) is 3.75. The number of anilines is 1. The fourth-order valence-corrected chi connectivity index (χ4v) is 2.78. The first-order chi connectivity index (χ1) is 9.72. The summed E-state index contributed by atoms with van der Waals surface area (Å²) < 4.78 is 5.25. The molecule has 5 heteroatoms. The van der Waals surface area contributed by atoms with Gasteiger partial charge in [-0.1, -0.05) is 13.0 Å². The highest BCUT2D eigenvalue weighted by Crippen LogP contribution is 2.28. The predicted molar refractivity (Wildman–Crippen MR) is 80.7 cm³/mol. The number of carbonyl (C=O) groups is 1. The molecule has 0 saturated carbocycles. The van der Waals surface area contributed by atoms with Crippen molar-refractivity contribution in [2.75, 3.05) is 17.6 Å². The van der Waals surface area contributed by atoms with E-state index < -0.39 is 5.97 Å². The summed E-state index contributed by atoms with van der Waals surface area (Å²) in [4.78, 5) is 12.2. The van der Waals surface area contributed by atoms with Crippen LogP contribution in [0.4, 0.5) is 5.69 Å². The number of thioether (sulfide) groups is 1. The van der Waals surface area contributed by atoms with Crippen molar-refractivity contribution in [3.63, 3.8) is 0 Å². The van der Waals surface area contributed by atoms with Gasteiger partial charge in [0, 0.05) is 23.5 Å². The molecule has 0 aliphatic carbocycles. The average Bonchev–Trinajstić information content (AvgIpc) is 2.92. The molecule has 0 amide bonds. The molecule has 1 aromatic carbocycles. The summed E-state index contributed by atoms with van der Waals surface area (Å²) in [5, 5.41) is 12.6. The molecule has 0 unspecified atom stereocenters. The van der Waals surface area contributed by atoms with E-state index >= 15 is 0 Å². The summed E-state index contributed by atoms with van der Waals surface area (Å²) in [6.07, 6.45) is 2.35. The Labute approximate surface area is 122 Å². The van der Waals surface area contributed by atoms with E-state index in [2.05, 4.69) is 5.32 Å². The molecular weight excluding hydrogens is 274 g/mol. The van der Waals surface area contributed by atoms with E-state index in [9.17, 15) is 9.90 Å². The fourth-order valence-electron chi connectivity index (χ4n) is 1.95. The number of furan rings is 1. The van der Waals surface area contributed by atoms with Crippen LogP contribution in [-0.4, -0.2) is 23.4 Å². The van der Waals surface area contributed by atoms with Gasteiger partial charge in [-0.05, 0) is 30.0 Å². The van der Waals surface area contributed by atoms with Crippen molar-refractivity contribution in [3.8, 4) is 0 Å². The zero-order valence-electron chi connectivity index (χ0n) is 11.3. The standard InChI is InChI=1S/C15H17NO3S/c1-2-20-13-7-3-6-12(14(13)15(17)18)16-9-8-11-5-4-10-19-11/h3-7,10,16H,2,8-9H2,1H3,(H,17,18). The first kappa shape index (κ1) is 14.5. The lowest BCUT2D eigenvalue weighted by Crippen LogP contribution is -2.10. The molecule has 0 radical (unpaired) electrons. The number of aromatic carboxylic acids is 1. The Bertz CT molecular complexity index is 567. The fraction of sp³-hybridized carbons (Fsp3) is 0.267. The van der Waals surface area contributed by atoms with Crippen molar-refractivity contribution in [2.24, 2.45) is 0 Å². The Balaban J connectivity index is 2.09. The van der Waals surface area contributed by atoms with Crippen LogP contribution < -0.4 is 5.32 Å². The molecule has 0 bridgehead atoms. The van der Waals surface area contributed by atoms with Gasteiger partial charge >= 0.3 is 5.97 Å². The Morgan fingerprint density at radius 2 is 2.20 bits per heavy atom. The summed E-state index contributed by atoms with van der Waals surface area (Å²) in [5.41, 5.74) is 1.00. The number of nitrogens with one attached hydrogen (secondary N) is 1. The smallest absolute Gasteiger partial charge is 0.338 e. The molecule has 2 N–H and O–H groups in total. The summed E-state index contributed by atoms with van der Waals surface area (Å²) in [6, 6.07) is 9.26. The number of benzene rings is 1. The summed E-state index contributed by atoms with van der Waals surface area (Å²) in [7, 11) is 0. The minimum absolute atomic E-state index is 0.346. The van der Waals surface area contributed by atoms with E-state index in [1.807, 2.05) is 31.2 Å². The second-order valence-corrected chi connectivity index (χ2v) is 5.48. The number of carboxylic acid groups (broad SMARTS) is 1. The van der Waals surface area contributed by atoms with E-state index in [-0.39, 0.29) is 0 Å². The normalized spacial score (nSPS) is 10.4. The van der Waals surface area contributed by atoms with Crippen molar-refractivity contribution in [1.29, 1.82) is 0 Å². The van der Waals surface area contributed by atoms with Crippen molar-refractivity contribution in [3.05, 3.63) is 47.9 Å². The molecule has 0 aliphatic rings. The maximum Gasteiger partial charge on any atom is 0.338 e. The lowest BCUT2D eigenvalue weighted by molar-refractivity contribution is 0.0694. The van der Waals surface area contributed by atoms with Crippen LogP contribution in [0, 0.1) is 0 Å². The lowest BCUT2D eigenvalue weighted by Gasteiger charge is -2.12. The van der Waals surface area contributed by atoms with Gasteiger partial charge in [-0.25, -0.2) is 4.79 Å². The Morgan fingerprint density at radius 3 is 2.85 bits per heavy atom. The van der Waals surface area contributed by atoms with Crippen LogP contribution in [0.2, 0.25) is 0 Å². The maximum atomic E-state index is 11.4. The van der Waals surface area contributed by atoms with Crippen molar-refractivity contribution >= 4 is 23.4 Å². The molecule has 0 saturated heterocycles. The number of carboxylic acids is 1. The van der Waals surface area contributed by atoms with E-state index in [0.717, 1.165) is 22.8 Å². The molecule has 0 aliphatic heterocycles. The van der Waals surface area contributed by atoms with Crippen molar-refractivity contribution in [1.82, 2.24) is 0 Å². The average molecular weight is 291 g/mol. The third kappa shape index (κ3) is 3.57. The van der Waals surface area contributed by atoms with Crippen LogP contribution in [0.3, 0.4) is 0 Å². The van der Waals surface area contributed by atoms with Crippen molar-refractivity contribution in [2.45, 2.75) is 18.2 Å². The predicted octanol–water partition coefficient (Wildman–Crippen LogP) is 3.74. The summed E-state index contributed by atoms with van der Waals surface area (Å²) in [6.45, 7) is 2.64. The zero-order valence-corrected chi connectivity index (χ0v) is 12.1. The van der Waals surface area contributed by atoms with Crippen LogP contribution in [0.5, 0.6) is 0 Å². The first-order valence-electron chi connectivity index (χ1n) is 6.47. The minimum Gasteiger partial charge on any atom is -0.478 e. The summed E-state index contributed by atoms with van der Waals surface area (Å²) in [5.74, 6) is 0.825. The molecule has 2 aromatic rings. The first-order valence-corrected chi connectivity index (χ1v) is 7.46.